The first kappa shape index (κ1) is 45.9. The minimum Gasteiger partial charge on any atom is -0.497 e. The fraction of sp³-hybridized carbons (Fsp3) is 0.238. The van der Waals surface area contributed by atoms with Gasteiger partial charge in [0.1, 0.15) is 33.6 Å². The van der Waals surface area contributed by atoms with Gasteiger partial charge in [-0.25, -0.2) is 26.4 Å². The molecule has 6 rings (SSSR count). The molecule has 6 aromatic rings. The predicted molar refractivity (Wildman–Crippen MR) is 236 cm³/mol. The molecular weight excluding hydrogens is 954 g/mol. The van der Waals surface area contributed by atoms with Gasteiger partial charge in [-0.15, -0.1) is 10.2 Å². The van der Waals surface area contributed by atoms with Crippen molar-refractivity contribution in [3.8, 4) is 28.6 Å². The lowest BCUT2D eigenvalue weighted by molar-refractivity contribution is 0.129. The molecule has 3 N–H and O–H groups in total. The minimum atomic E-state index is -4.82. The Morgan fingerprint density at radius 2 is 1.31 bits per heavy atom. The van der Waals surface area contributed by atoms with Crippen molar-refractivity contribution in [1.82, 2.24) is 34.6 Å². The number of amides is 1. The topological polar surface area (TPSA) is 213 Å². The van der Waals surface area contributed by atoms with E-state index >= 15 is 8.42 Å². The van der Waals surface area contributed by atoms with Gasteiger partial charge in [-0.05, 0) is 98.6 Å². The highest BCUT2D eigenvalue weighted by Gasteiger charge is 2.37. The molecular formula is C42H44IN7O10S2. The lowest BCUT2D eigenvalue weighted by Gasteiger charge is -2.26. The van der Waals surface area contributed by atoms with Crippen molar-refractivity contribution in [2.75, 3.05) is 34.5 Å². The lowest BCUT2D eigenvalue weighted by atomic mass is 10.2. The molecule has 0 aliphatic heterocycles. The first-order chi connectivity index (χ1) is 29.8. The van der Waals surface area contributed by atoms with Crippen LogP contribution in [0, 0.1) is 3.57 Å². The van der Waals surface area contributed by atoms with E-state index in [0.717, 1.165) is 15.4 Å². The third-order valence-corrected chi connectivity index (χ3v) is 13.8. The first-order valence-corrected chi connectivity index (χ1v) is 22.9. The zero-order chi connectivity index (χ0) is 44.3. The third kappa shape index (κ3) is 11.6. The maximum atomic E-state index is 15.5. The number of nitrogens with zero attached hydrogens (tertiary/aromatic N) is 5. The van der Waals surface area contributed by atoms with Crippen LogP contribution in [0.25, 0.3) is 11.4 Å². The molecule has 1 aromatic heterocycles. The van der Waals surface area contributed by atoms with Crippen LogP contribution >= 0.6 is 22.6 Å². The fourth-order valence-electron chi connectivity index (χ4n) is 6.12. The molecule has 1 amide bonds. The second kappa shape index (κ2) is 20.9. The fourth-order valence-corrected chi connectivity index (χ4v) is 10.5. The van der Waals surface area contributed by atoms with Gasteiger partial charge in [0.15, 0.2) is 0 Å². The van der Waals surface area contributed by atoms with Gasteiger partial charge in [-0.2, -0.15) is 9.10 Å². The smallest absolute Gasteiger partial charge is 0.407 e. The van der Waals surface area contributed by atoms with Crippen molar-refractivity contribution < 1.29 is 45.7 Å². The van der Waals surface area contributed by atoms with Crippen molar-refractivity contribution in [1.29, 1.82) is 0 Å². The minimum absolute atomic E-state index is 0.0640. The van der Waals surface area contributed by atoms with Crippen LogP contribution in [-0.4, -0.2) is 93.1 Å². The number of alkyl carbamates (subject to hydrolysis) is 1. The summed E-state index contributed by atoms with van der Waals surface area (Å²) < 4.78 is 84.9. The number of hydrogen-bond acceptors (Lipinski definition) is 13. The summed E-state index contributed by atoms with van der Waals surface area (Å²) in [7, 11) is -4.99. The van der Waals surface area contributed by atoms with E-state index in [1.807, 2.05) is 40.8 Å². The number of carbonyl (C=O) groups excluding carboxylic acids is 1. The summed E-state index contributed by atoms with van der Waals surface area (Å²) in [5.74, 6) is 1.61. The number of ether oxygens (including phenoxy) is 4. The van der Waals surface area contributed by atoms with Crippen LogP contribution in [-0.2, 0) is 51.0 Å². The molecule has 0 bridgehead atoms. The summed E-state index contributed by atoms with van der Waals surface area (Å²) in [4.78, 5) is 12.7. The Balaban J connectivity index is 1.41. The van der Waals surface area contributed by atoms with E-state index in [2.05, 4.69) is 25.4 Å². The van der Waals surface area contributed by atoms with E-state index in [0.29, 0.717) is 31.9 Å². The molecule has 326 valence electrons. The van der Waals surface area contributed by atoms with Gasteiger partial charge in [0.25, 0.3) is 0 Å². The highest BCUT2D eigenvalue weighted by atomic mass is 127. The van der Waals surface area contributed by atoms with Crippen LogP contribution in [0.3, 0.4) is 0 Å². The van der Waals surface area contributed by atoms with E-state index < -0.39 is 55.1 Å². The summed E-state index contributed by atoms with van der Waals surface area (Å²) in [5, 5.41) is 25.6. The number of carbonyl (C=O) groups is 1. The molecule has 1 heterocycles. The highest BCUT2D eigenvalue weighted by molar-refractivity contribution is 14.1. The van der Waals surface area contributed by atoms with Crippen LogP contribution in [0.2, 0.25) is 0 Å². The second-order valence-corrected chi connectivity index (χ2v) is 18.4. The van der Waals surface area contributed by atoms with E-state index in [1.165, 1.54) is 31.1 Å². The van der Waals surface area contributed by atoms with Crippen molar-refractivity contribution in [3.05, 3.63) is 141 Å². The Hall–Kier alpha value is -5.65. The molecule has 20 heteroatoms. The van der Waals surface area contributed by atoms with Gasteiger partial charge >= 0.3 is 6.09 Å². The maximum absolute atomic E-state index is 15.5. The van der Waals surface area contributed by atoms with Gasteiger partial charge in [-0.3, -0.25) is 0 Å². The monoisotopic (exact) mass is 997 g/mol. The quantitative estimate of drug-likeness (QED) is 0.0863. The molecule has 17 nitrogen and oxygen atoms in total. The number of methoxy groups -OCH3 is 3. The Labute approximate surface area is 373 Å². The maximum Gasteiger partial charge on any atom is 0.407 e. The number of nitrogens with one attached hydrogen (secondary N) is 2. The molecule has 0 spiro atoms. The summed E-state index contributed by atoms with van der Waals surface area (Å²) in [5.41, 5.74) is 2.56. The second-order valence-electron chi connectivity index (χ2n) is 13.6. The largest absolute Gasteiger partial charge is 0.497 e. The van der Waals surface area contributed by atoms with Crippen molar-refractivity contribution >= 4 is 48.7 Å². The van der Waals surface area contributed by atoms with Crippen LogP contribution in [0.1, 0.15) is 22.3 Å². The number of sulfonamides is 2. The van der Waals surface area contributed by atoms with Gasteiger partial charge < -0.3 is 29.4 Å². The Bertz CT molecular complexity index is 2600. The van der Waals surface area contributed by atoms with E-state index in [4.69, 9.17) is 18.9 Å². The van der Waals surface area contributed by atoms with Gasteiger partial charge in [0, 0.05) is 23.2 Å². The molecule has 0 saturated heterocycles. The number of benzene rings is 5. The van der Waals surface area contributed by atoms with Crippen molar-refractivity contribution in [2.24, 2.45) is 0 Å². The van der Waals surface area contributed by atoms with Gasteiger partial charge in [0.2, 0.25) is 25.9 Å². The lowest BCUT2D eigenvalue weighted by Crippen LogP contribution is -2.46. The standard InChI is InChI=1S/C42H44IN7O10S2/c1-57-34-15-9-29(10-16-34)24-49(25-30-11-17-35(58-2)18-12-30)62(55,56)40-38(61(53,54)44-23-33(27-51)45-42(52)60-28-32-7-5-4-6-8-32)22-21-37(43)39(40)41-46-48-50(47-41)26-31-13-19-36(59-3)20-14-31/h4-22,33,44,51H,23-28H2,1-3H3,(H,45,52). The summed E-state index contributed by atoms with van der Waals surface area (Å²) >= 11 is 1.91. The summed E-state index contributed by atoms with van der Waals surface area (Å²) in [6, 6.07) is 31.1. The molecule has 0 aliphatic carbocycles. The van der Waals surface area contributed by atoms with Crippen LogP contribution in [0.5, 0.6) is 17.2 Å². The summed E-state index contributed by atoms with van der Waals surface area (Å²) in [6.07, 6.45) is -0.900. The Kier molecular flexibility index (Phi) is 15.5. The predicted octanol–water partition coefficient (Wildman–Crippen LogP) is 4.98. The Morgan fingerprint density at radius 1 is 0.758 bits per heavy atom. The molecule has 0 radical (unpaired) electrons. The number of hydrogen-bond donors (Lipinski definition) is 3. The molecule has 0 saturated carbocycles. The molecule has 1 unspecified atom stereocenters. The zero-order valence-corrected chi connectivity index (χ0v) is 37.6. The number of aromatic nitrogens is 4. The SMILES string of the molecule is COc1ccc(CN(Cc2ccc(OC)cc2)S(=O)(=O)c2c(S(=O)(=O)NCC(CO)NC(=O)OCc3ccccc3)ccc(I)c2-c2nnn(Cc3ccc(OC)cc3)n2)cc1. The molecule has 0 fully saturated rings. The van der Waals surface area contributed by atoms with E-state index in [9.17, 15) is 18.3 Å². The molecule has 5 aromatic carbocycles. The highest BCUT2D eigenvalue weighted by Crippen LogP contribution is 2.38. The number of tetrazole rings is 1. The summed E-state index contributed by atoms with van der Waals surface area (Å²) in [6.45, 7) is -1.49. The van der Waals surface area contributed by atoms with Crippen LogP contribution < -0.4 is 24.2 Å². The first-order valence-electron chi connectivity index (χ1n) is 18.9. The third-order valence-electron chi connectivity index (χ3n) is 9.43. The van der Waals surface area contributed by atoms with Crippen LogP contribution in [0.4, 0.5) is 4.79 Å². The molecule has 1 atom stereocenters. The Morgan fingerprint density at radius 3 is 1.84 bits per heavy atom. The van der Waals surface area contributed by atoms with Gasteiger partial charge in [0.05, 0.1) is 46.1 Å². The van der Waals surface area contributed by atoms with Crippen LogP contribution in [0.15, 0.2) is 125 Å². The number of aliphatic hydroxyl groups excluding tert-OH is 1. The molecule has 0 aliphatic rings. The molecule has 62 heavy (non-hydrogen) atoms. The average molecular weight is 998 g/mol. The van der Waals surface area contributed by atoms with Gasteiger partial charge in [-0.1, -0.05) is 66.7 Å². The number of rotatable bonds is 20. The number of aliphatic hydroxyl groups is 1. The van der Waals surface area contributed by atoms with Crippen molar-refractivity contribution in [2.45, 2.75) is 42.1 Å². The van der Waals surface area contributed by atoms with Crippen molar-refractivity contribution in [3.63, 3.8) is 0 Å². The number of halogens is 1. The average Bonchev–Trinajstić information content (AvgIpc) is 3.75. The van der Waals surface area contributed by atoms with E-state index in [1.54, 1.807) is 92.0 Å². The normalized spacial score (nSPS) is 12.2. The van der Waals surface area contributed by atoms with E-state index in [-0.39, 0.29) is 37.6 Å². The zero-order valence-electron chi connectivity index (χ0n) is 33.8.